The fraction of sp³-hybridized carbons (Fsp3) is 0.300. The Kier molecular flexibility index (Phi) is 2.12. The molecule has 0 aromatic heterocycles. The smallest absolute Gasteiger partial charge is 0.253 e. The second kappa shape index (κ2) is 3.28. The summed E-state index contributed by atoms with van der Waals surface area (Å²) in [6.07, 6.45) is 0.704. The molecule has 1 fully saturated rings. The van der Waals surface area contributed by atoms with Crippen LogP contribution in [0.1, 0.15) is 5.56 Å². The largest absolute Gasteiger partial charge is 0.338 e. The lowest BCUT2D eigenvalue weighted by Crippen LogP contribution is -2.28. The third-order valence-corrected chi connectivity index (χ3v) is 2.05. The van der Waals surface area contributed by atoms with Crippen LogP contribution in [0.3, 0.4) is 0 Å². The quantitative estimate of drug-likeness (QED) is 0.636. The monoisotopic (exact) mass is 178 g/mol. The number of hydrogen-bond donors (Lipinski definition) is 0. The molecular formula is C10H10O3. The first-order valence-corrected chi connectivity index (χ1v) is 4.17. The Morgan fingerprint density at radius 1 is 1.15 bits per heavy atom. The van der Waals surface area contributed by atoms with Gasteiger partial charge in [0, 0.05) is 5.56 Å². The Labute approximate surface area is 76.3 Å². The fourth-order valence-electron chi connectivity index (χ4n) is 1.40. The Balaban J connectivity index is 2.36. The zero-order valence-electron chi connectivity index (χ0n) is 7.10. The van der Waals surface area contributed by atoms with E-state index in [1.54, 1.807) is 0 Å². The van der Waals surface area contributed by atoms with E-state index in [0.29, 0.717) is 19.5 Å². The van der Waals surface area contributed by atoms with Crippen molar-refractivity contribution < 1.29 is 14.3 Å². The third kappa shape index (κ3) is 1.36. The van der Waals surface area contributed by atoms with E-state index >= 15 is 0 Å². The van der Waals surface area contributed by atoms with Crippen molar-refractivity contribution >= 4 is 6.29 Å². The van der Waals surface area contributed by atoms with Gasteiger partial charge in [0.2, 0.25) is 0 Å². The molecule has 1 aromatic carbocycles. The molecule has 13 heavy (non-hydrogen) atoms. The maximum absolute atomic E-state index is 10.9. The van der Waals surface area contributed by atoms with Crippen molar-refractivity contribution in [3.63, 3.8) is 0 Å². The standard InChI is InChI=1S/C10H10O3/c11-8-10(12-6-7-13-10)9-4-2-1-3-5-9/h1-5,8H,6-7H2. The van der Waals surface area contributed by atoms with Crippen LogP contribution in [-0.4, -0.2) is 19.5 Å². The summed E-state index contributed by atoms with van der Waals surface area (Å²) in [5.41, 5.74) is 0.752. The highest BCUT2D eigenvalue weighted by Crippen LogP contribution is 2.28. The van der Waals surface area contributed by atoms with Crippen molar-refractivity contribution in [2.75, 3.05) is 13.2 Å². The maximum atomic E-state index is 10.9. The van der Waals surface area contributed by atoms with E-state index in [9.17, 15) is 4.79 Å². The van der Waals surface area contributed by atoms with Crippen molar-refractivity contribution in [3.8, 4) is 0 Å². The molecule has 0 N–H and O–H groups in total. The first kappa shape index (κ1) is 8.41. The molecule has 0 saturated carbocycles. The van der Waals surface area contributed by atoms with Gasteiger partial charge in [0.15, 0.2) is 6.29 Å². The summed E-state index contributed by atoms with van der Waals surface area (Å²) in [5, 5.41) is 0. The van der Waals surface area contributed by atoms with Gasteiger partial charge in [-0.05, 0) is 0 Å². The number of ether oxygens (including phenoxy) is 2. The Hall–Kier alpha value is -1.19. The van der Waals surface area contributed by atoms with Crippen LogP contribution < -0.4 is 0 Å². The normalized spacial score (nSPS) is 20.0. The molecule has 3 heteroatoms. The predicted octanol–water partition coefficient (Wildman–Crippen LogP) is 1.09. The summed E-state index contributed by atoms with van der Waals surface area (Å²) in [6, 6.07) is 9.23. The molecule has 0 atom stereocenters. The molecule has 3 nitrogen and oxygen atoms in total. The number of carbonyl (C=O) groups excluding carboxylic acids is 1. The zero-order chi connectivity index (χ0) is 9.15. The van der Waals surface area contributed by atoms with E-state index in [1.165, 1.54) is 0 Å². The van der Waals surface area contributed by atoms with Gasteiger partial charge < -0.3 is 9.47 Å². The molecule has 1 aliphatic heterocycles. The molecule has 0 unspecified atom stereocenters. The van der Waals surface area contributed by atoms with Crippen molar-refractivity contribution in [2.24, 2.45) is 0 Å². The van der Waals surface area contributed by atoms with Crippen LogP contribution in [0.5, 0.6) is 0 Å². The molecule has 1 heterocycles. The summed E-state index contributed by atoms with van der Waals surface area (Å²) < 4.78 is 10.6. The number of benzene rings is 1. The Bertz CT molecular complexity index is 288. The highest BCUT2D eigenvalue weighted by Gasteiger charge is 2.38. The maximum Gasteiger partial charge on any atom is 0.253 e. The fourth-order valence-corrected chi connectivity index (χ4v) is 1.40. The molecule has 0 radical (unpaired) electrons. The van der Waals surface area contributed by atoms with Crippen LogP contribution in [0, 0.1) is 0 Å². The SMILES string of the molecule is O=CC1(c2ccccc2)OCCO1. The predicted molar refractivity (Wildman–Crippen MR) is 46.1 cm³/mol. The molecule has 0 aliphatic carbocycles. The van der Waals surface area contributed by atoms with Crippen LogP contribution in [0.25, 0.3) is 0 Å². The Morgan fingerprint density at radius 3 is 2.31 bits per heavy atom. The number of carbonyl (C=O) groups is 1. The molecule has 68 valence electrons. The summed E-state index contributed by atoms with van der Waals surface area (Å²) in [4.78, 5) is 10.9. The molecule has 1 aliphatic rings. The lowest BCUT2D eigenvalue weighted by molar-refractivity contribution is -0.171. The first-order chi connectivity index (χ1) is 6.37. The number of rotatable bonds is 2. The van der Waals surface area contributed by atoms with E-state index in [1.807, 2.05) is 30.3 Å². The van der Waals surface area contributed by atoms with Gasteiger partial charge in [-0.2, -0.15) is 0 Å². The summed E-state index contributed by atoms with van der Waals surface area (Å²) in [7, 11) is 0. The van der Waals surface area contributed by atoms with Crippen molar-refractivity contribution in [2.45, 2.75) is 5.79 Å². The molecule has 1 aromatic rings. The lowest BCUT2D eigenvalue weighted by atomic mass is 10.1. The topological polar surface area (TPSA) is 35.5 Å². The van der Waals surface area contributed by atoms with Crippen molar-refractivity contribution in [1.29, 1.82) is 0 Å². The summed E-state index contributed by atoms with van der Waals surface area (Å²) in [5.74, 6) is -1.15. The van der Waals surface area contributed by atoms with Crippen LogP contribution >= 0.6 is 0 Å². The first-order valence-electron chi connectivity index (χ1n) is 4.17. The van der Waals surface area contributed by atoms with Gasteiger partial charge in [-0.1, -0.05) is 30.3 Å². The van der Waals surface area contributed by atoms with E-state index in [2.05, 4.69) is 0 Å². The molecule has 2 rings (SSSR count). The molecular weight excluding hydrogens is 168 g/mol. The summed E-state index contributed by atoms with van der Waals surface area (Å²) >= 11 is 0. The van der Waals surface area contributed by atoms with Crippen LogP contribution in [-0.2, 0) is 20.1 Å². The van der Waals surface area contributed by atoms with Crippen LogP contribution in [0.4, 0.5) is 0 Å². The summed E-state index contributed by atoms with van der Waals surface area (Å²) in [6.45, 7) is 0.932. The molecule has 0 amide bonds. The molecule has 0 bridgehead atoms. The van der Waals surface area contributed by atoms with E-state index in [4.69, 9.17) is 9.47 Å². The van der Waals surface area contributed by atoms with E-state index in [0.717, 1.165) is 5.56 Å². The number of hydrogen-bond acceptors (Lipinski definition) is 3. The lowest BCUT2D eigenvalue weighted by Gasteiger charge is -2.20. The van der Waals surface area contributed by atoms with Crippen molar-refractivity contribution in [3.05, 3.63) is 35.9 Å². The average molecular weight is 178 g/mol. The van der Waals surface area contributed by atoms with E-state index in [-0.39, 0.29) is 0 Å². The zero-order valence-corrected chi connectivity index (χ0v) is 7.10. The van der Waals surface area contributed by atoms with Crippen LogP contribution in [0.15, 0.2) is 30.3 Å². The van der Waals surface area contributed by atoms with Crippen molar-refractivity contribution in [1.82, 2.24) is 0 Å². The van der Waals surface area contributed by atoms with Gasteiger partial charge in [-0.15, -0.1) is 0 Å². The average Bonchev–Trinajstić information content (AvgIpc) is 2.69. The second-order valence-electron chi connectivity index (χ2n) is 2.85. The Morgan fingerprint density at radius 2 is 1.77 bits per heavy atom. The van der Waals surface area contributed by atoms with Gasteiger partial charge >= 0.3 is 0 Å². The van der Waals surface area contributed by atoms with Crippen LogP contribution in [0.2, 0.25) is 0 Å². The minimum Gasteiger partial charge on any atom is -0.338 e. The van der Waals surface area contributed by atoms with Gasteiger partial charge in [-0.3, -0.25) is 4.79 Å². The molecule has 1 saturated heterocycles. The second-order valence-corrected chi connectivity index (χ2v) is 2.85. The highest BCUT2D eigenvalue weighted by molar-refractivity contribution is 5.64. The van der Waals surface area contributed by atoms with E-state index < -0.39 is 5.79 Å². The van der Waals surface area contributed by atoms with Gasteiger partial charge in [0.1, 0.15) is 0 Å². The highest BCUT2D eigenvalue weighted by atomic mass is 16.7. The van der Waals surface area contributed by atoms with Gasteiger partial charge in [0.05, 0.1) is 13.2 Å². The number of aldehydes is 1. The molecule has 0 spiro atoms. The minimum atomic E-state index is -1.15. The van der Waals surface area contributed by atoms with Gasteiger partial charge in [-0.25, -0.2) is 0 Å². The van der Waals surface area contributed by atoms with Gasteiger partial charge in [0.25, 0.3) is 5.79 Å². The minimum absolute atomic E-state index is 0.466. The third-order valence-electron chi connectivity index (χ3n) is 2.05.